The molecule has 0 bridgehead atoms. The van der Waals surface area contributed by atoms with Crippen LogP contribution in [0.4, 0.5) is 0 Å². The Morgan fingerprint density at radius 2 is 2.22 bits per heavy atom. The van der Waals surface area contributed by atoms with Crippen LogP contribution in [0.3, 0.4) is 0 Å². The number of pyridine rings is 1. The molecule has 92 valence electrons. The van der Waals surface area contributed by atoms with E-state index >= 15 is 0 Å². The number of halogens is 1. The van der Waals surface area contributed by atoms with Gasteiger partial charge in [0.1, 0.15) is 11.9 Å². The number of hydrogen-bond acceptors (Lipinski definition) is 3. The summed E-state index contributed by atoms with van der Waals surface area (Å²) in [5.41, 5.74) is 1.58. The first-order valence-electron chi connectivity index (χ1n) is 5.81. The van der Waals surface area contributed by atoms with Crippen LogP contribution in [0.1, 0.15) is 18.1 Å². The second-order valence-corrected chi connectivity index (χ2v) is 5.04. The summed E-state index contributed by atoms with van der Waals surface area (Å²) in [6, 6.07) is 7.67. The molecule has 0 radical (unpaired) electrons. The number of fused-ring (bicyclic) bond motifs is 1. The zero-order valence-electron chi connectivity index (χ0n) is 9.64. The molecule has 3 rings (SSSR count). The number of aliphatic hydroxyl groups is 1. The number of rotatable bonds is 2. The van der Waals surface area contributed by atoms with Crippen molar-refractivity contribution in [2.24, 2.45) is 0 Å². The van der Waals surface area contributed by atoms with Crippen LogP contribution in [-0.2, 0) is 4.74 Å². The highest BCUT2D eigenvalue weighted by Crippen LogP contribution is 2.33. The fourth-order valence-corrected chi connectivity index (χ4v) is 2.61. The predicted octanol–water partition coefficient (Wildman–Crippen LogP) is 3.33. The molecule has 2 aromatic rings. The molecule has 1 N–H and O–H groups in total. The highest BCUT2D eigenvalue weighted by Gasteiger charge is 2.21. The van der Waals surface area contributed by atoms with E-state index in [4.69, 9.17) is 4.74 Å². The lowest BCUT2D eigenvalue weighted by Gasteiger charge is -2.14. The van der Waals surface area contributed by atoms with Crippen molar-refractivity contribution in [2.45, 2.75) is 12.5 Å². The third-order valence-electron chi connectivity index (χ3n) is 3.04. The van der Waals surface area contributed by atoms with Crippen molar-refractivity contribution < 1.29 is 9.84 Å². The molecular formula is C14H12BrNO2. The molecule has 0 saturated heterocycles. The van der Waals surface area contributed by atoms with E-state index in [-0.39, 0.29) is 0 Å². The smallest absolute Gasteiger partial charge is 0.138 e. The zero-order chi connectivity index (χ0) is 12.5. The minimum absolute atomic E-state index is 0.629. The first-order valence-corrected chi connectivity index (χ1v) is 6.61. The second kappa shape index (κ2) is 4.71. The number of benzene rings is 1. The van der Waals surface area contributed by atoms with E-state index in [1.807, 2.05) is 30.3 Å². The largest absolute Gasteiger partial charge is 0.495 e. The Morgan fingerprint density at radius 3 is 3.00 bits per heavy atom. The van der Waals surface area contributed by atoms with Crippen molar-refractivity contribution in [2.75, 3.05) is 6.61 Å². The fraction of sp³-hybridized carbons (Fsp3) is 0.214. The Hall–Kier alpha value is -1.39. The standard InChI is InChI=1S/C14H12BrNO2/c15-11-6-5-10(13-9(11)3-1-7-16-13)14(17)12-4-2-8-18-12/h1,3-7,14,17H,2,8H2. The number of hydrogen-bond donors (Lipinski definition) is 1. The maximum atomic E-state index is 10.4. The molecule has 3 nitrogen and oxygen atoms in total. The van der Waals surface area contributed by atoms with Crippen molar-refractivity contribution in [3.63, 3.8) is 0 Å². The van der Waals surface area contributed by atoms with E-state index in [0.29, 0.717) is 12.4 Å². The van der Waals surface area contributed by atoms with Crippen LogP contribution in [0.25, 0.3) is 10.9 Å². The molecule has 0 fully saturated rings. The van der Waals surface area contributed by atoms with E-state index in [2.05, 4.69) is 20.9 Å². The summed E-state index contributed by atoms with van der Waals surface area (Å²) in [5.74, 6) is 0.629. The molecule has 0 saturated carbocycles. The topological polar surface area (TPSA) is 42.4 Å². The summed E-state index contributed by atoms with van der Waals surface area (Å²) in [6.07, 6.45) is 3.78. The lowest BCUT2D eigenvalue weighted by molar-refractivity contribution is 0.119. The summed E-state index contributed by atoms with van der Waals surface area (Å²) in [7, 11) is 0. The number of nitrogens with zero attached hydrogens (tertiary/aromatic N) is 1. The lowest BCUT2D eigenvalue weighted by atomic mass is 10.0. The van der Waals surface area contributed by atoms with Gasteiger partial charge in [-0.3, -0.25) is 4.98 Å². The van der Waals surface area contributed by atoms with Crippen LogP contribution < -0.4 is 0 Å². The van der Waals surface area contributed by atoms with E-state index < -0.39 is 6.10 Å². The van der Waals surface area contributed by atoms with Crippen molar-refractivity contribution >= 4 is 26.8 Å². The Labute approximate surface area is 113 Å². The quantitative estimate of drug-likeness (QED) is 0.925. The first kappa shape index (κ1) is 11.7. The van der Waals surface area contributed by atoms with Gasteiger partial charge in [0.15, 0.2) is 0 Å². The molecular weight excluding hydrogens is 294 g/mol. The van der Waals surface area contributed by atoms with Gasteiger partial charge in [0, 0.05) is 28.0 Å². The van der Waals surface area contributed by atoms with Gasteiger partial charge in [0.2, 0.25) is 0 Å². The predicted molar refractivity (Wildman–Crippen MR) is 73.1 cm³/mol. The van der Waals surface area contributed by atoms with Gasteiger partial charge in [0.05, 0.1) is 12.1 Å². The van der Waals surface area contributed by atoms with E-state index in [9.17, 15) is 5.11 Å². The molecule has 1 aliphatic rings. The molecule has 4 heteroatoms. The molecule has 0 amide bonds. The van der Waals surface area contributed by atoms with E-state index in [1.54, 1.807) is 6.20 Å². The van der Waals surface area contributed by atoms with E-state index in [1.165, 1.54) is 0 Å². The average molecular weight is 306 g/mol. The zero-order valence-corrected chi connectivity index (χ0v) is 11.2. The monoisotopic (exact) mass is 305 g/mol. The van der Waals surface area contributed by atoms with Crippen LogP contribution in [0.15, 0.2) is 46.8 Å². The lowest BCUT2D eigenvalue weighted by Crippen LogP contribution is -2.04. The third kappa shape index (κ3) is 1.91. The molecule has 1 aliphatic heterocycles. The van der Waals surface area contributed by atoms with Gasteiger partial charge in [-0.1, -0.05) is 28.1 Å². The van der Waals surface area contributed by atoms with Gasteiger partial charge in [-0.25, -0.2) is 0 Å². The minimum atomic E-state index is -0.738. The Morgan fingerprint density at radius 1 is 1.33 bits per heavy atom. The van der Waals surface area contributed by atoms with E-state index in [0.717, 1.165) is 27.4 Å². The molecule has 1 unspecified atom stereocenters. The number of ether oxygens (including phenoxy) is 1. The summed E-state index contributed by atoms with van der Waals surface area (Å²) >= 11 is 3.50. The maximum Gasteiger partial charge on any atom is 0.138 e. The highest BCUT2D eigenvalue weighted by molar-refractivity contribution is 9.10. The van der Waals surface area contributed by atoms with Gasteiger partial charge in [-0.05, 0) is 18.2 Å². The minimum Gasteiger partial charge on any atom is -0.495 e. The number of aromatic nitrogens is 1. The van der Waals surface area contributed by atoms with Gasteiger partial charge >= 0.3 is 0 Å². The average Bonchev–Trinajstić information content (AvgIpc) is 2.93. The summed E-state index contributed by atoms with van der Waals surface area (Å²) in [6.45, 7) is 0.647. The van der Waals surface area contributed by atoms with Crippen LogP contribution in [-0.4, -0.2) is 16.7 Å². The summed E-state index contributed by atoms with van der Waals surface area (Å²) < 4.78 is 6.39. The second-order valence-electron chi connectivity index (χ2n) is 4.18. The molecule has 0 aliphatic carbocycles. The van der Waals surface area contributed by atoms with Gasteiger partial charge in [0.25, 0.3) is 0 Å². The van der Waals surface area contributed by atoms with Gasteiger partial charge < -0.3 is 9.84 Å². The van der Waals surface area contributed by atoms with Crippen LogP contribution in [0, 0.1) is 0 Å². The molecule has 1 aromatic heterocycles. The first-order chi connectivity index (χ1) is 8.77. The Balaban J connectivity index is 2.14. The highest BCUT2D eigenvalue weighted by atomic mass is 79.9. The molecule has 1 atom stereocenters. The van der Waals surface area contributed by atoms with Crippen molar-refractivity contribution in [3.8, 4) is 0 Å². The Kier molecular flexibility index (Phi) is 3.06. The maximum absolute atomic E-state index is 10.4. The van der Waals surface area contributed by atoms with Crippen molar-refractivity contribution in [1.29, 1.82) is 0 Å². The SMILES string of the molecule is OC(C1=CCCO1)c1ccc(Br)c2cccnc12. The summed E-state index contributed by atoms with van der Waals surface area (Å²) in [4.78, 5) is 4.36. The molecule has 18 heavy (non-hydrogen) atoms. The molecule has 2 heterocycles. The normalized spacial score (nSPS) is 16.4. The van der Waals surface area contributed by atoms with Crippen molar-refractivity contribution in [3.05, 3.63) is 52.3 Å². The van der Waals surface area contributed by atoms with Crippen LogP contribution >= 0.6 is 15.9 Å². The van der Waals surface area contributed by atoms with Gasteiger partial charge in [-0.15, -0.1) is 0 Å². The molecule has 0 spiro atoms. The summed E-state index contributed by atoms with van der Waals surface area (Å²) in [5, 5.41) is 11.4. The third-order valence-corrected chi connectivity index (χ3v) is 3.74. The number of aliphatic hydroxyl groups excluding tert-OH is 1. The fourth-order valence-electron chi connectivity index (χ4n) is 2.16. The van der Waals surface area contributed by atoms with Crippen molar-refractivity contribution in [1.82, 2.24) is 4.98 Å². The van der Waals surface area contributed by atoms with Gasteiger partial charge in [-0.2, -0.15) is 0 Å². The molecule has 1 aromatic carbocycles. The Bertz CT molecular complexity index is 624. The van der Waals surface area contributed by atoms with Crippen LogP contribution in [0.5, 0.6) is 0 Å². The van der Waals surface area contributed by atoms with Crippen LogP contribution in [0.2, 0.25) is 0 Å².